The van der Waals surface area contributed by atoms with Crippen LogP contribution in [0.5, 0.6) is 0 Å². The van der Waals surface area contributed by atoms with E-state index in [-0.39, 0.29) is 12.3 Å². The lowest BCUT2D eigenvalue weighted by Crippen LogP contribution is -2.13. The van der Waals surface area contributed by atoms with Gasteiger partial charge in [-0.05, 0) is 54.0 Å². The van der Waals surface area contributed by atoms with Crippen molar-refractivity contribution in [3.05, 3.63) is 52.1 Å². The number of nitrogens with zero attached hydrogens (tertiary/aromatic N) is 1. The summed E-state index contributed by atoms with van der Waals surface area (Å²) in [4.78, 5) is 12.3. The van der Waals surface area contributed by atoms with Crippen LogP contribution >= 0.6 is 11.3 Å². The Morgan fingerprint density at radius 1 is 1.35 bits per heavy atom. The second-order valence-electron chi connectivity index (χ2n) is 5.73. The molecule has 1 aliphatic carbocycles. The molecule has 23 heavy (non-hydrogen) atoms. The Labute approximate surface area is 137 Å². The minimum atomic E-state index is -0.132. The van der Waals surface area contributed by atoms with E-state index in [0.717, 1.165) is 29.4 Å². The third-order valence-electron chi connectivity index (χ3n) is 4.26. The Morgan fingerprint density at radius 2 is 2.17 bits per heavy atom. The summed E-state index contributed by atoms with van der Waals surface area (Å²) < 4.78 is 5.63. The molecule has 0 fully saturated rings. The maximum atomic E-state index is 12.3. The van der Waals surface area contributed by atoms with E-state index in [0.29, 0.717) is 10.6 Å². The lowest BCUT2D eigenvalue weighted by Gasteiger charge is -2.03. The largest absolute Gasteiger partial charge is 0.464 e. The lowest BCUT2D eigenvalue weighted by molar-refractivity contribution is -0.115. The van der Waals surface area contributed by atoms with E-state index in [4.69, 9.17) is 9.68 Å². The van der Waals surface area contributed by atoms with Crippen molar-refractivity contribution in [3.63, 3.8) is 0 Å². The van der Waals surface area contributed by atoms with E-state index >= 15 is 0 Å². The number of carbonyl (C=O) groups is 1. The van der Waals surface area contributed by atoms with Gasteiger partial charge in [0.25, 0.3) is 0 Å². The third-order valence-corrected chi connectivity index (χ3v) is 5.09. The van der Waals surface area contributed by atoms with Gasteiger partial charge in [-0.2, -0.15) is 5.26 Å². The predicted octanol–water partition coefficient (Wildman–Crippen LogP) is 4.04. The van der Waals surface area contributed by atoms with Crippen LogP contribution in [0.15, 0.2) is 34.3 Å². The number of fused-ring (bicyclic) bond motifs is 2. The van der Waals surface area contributed by atoms with Crippen molar-refractivity contribution in [1.29, 1.82) is 5.26 Å². The summed E-state index contributed by atoms with van der Waals surface area (Å²) in [5.41, 5.74) is 4.97. The maximum absolute atomic E-state index is 12.3. The highest BCUT2D eigenvalue weighted by molar-refractivity contribution is 7.14. The van der Waals surface area contributed by atoms with Crippen molar-refractivity contribution < 1.29 is 9.21 Å². The number of aryl methyl sites for hydroxylation is 2. The first-order valence-corrected chi connectivity index (χ1v) is 8.42. The molecule has 0 spiro atoms. The molecule has 2 heterocycles. The third kappa shape index (κ3) is 2.51. The molecule has 0 aliphatic heterocycles. The minimum absolute atomic E-state index is 0.132. The number of nitrogens with one attached hydrogen (secondary N) is 1. The monoisotopic (exact) mass is 322 g/mol. The summed E-state index contributed by atoms with van der Waals surface area (Å²) in [6.07, 6.45) is 5.31. The fourth-order valence-corrected chi connectivity index (χ4v) is 3.88. The van der Waals surface area contributed by atoms with Gasteiger partial charge >= 0.3 is 0 Å². The average molecular weight is 322 g/mol. The maximum Gasteiger partial charge on any atom is 0.229 e. The molecule has 5 heteroatoms. The smallest absolute Gasteiger partial charge is 0.229 e. The first-order valence-electron chi connectivity index (χ1n) is 7.54. The summed E-state index contributed by atoms with van der Waals surface area (Å²) in [7, 11) is 0. The van der Waals surface area contributed by atoms with Crippen LogP contribution in [0.1, 0.15) is 28.7 Å². The van der Waals surface area contributed by atoms with Gasteiger partial charge in [0.15, 0.2) is 0 Å². The number of nitriles is 1. The van der Waals surface area contributed by atoms with Gasteiger partial charge in [0, 0.05) is 10.9 Å². The molecule has 0 unspecified atom stereocenters. The molecule has 0 saturated heterocycles. The zero-order chi connectivity index (χ0) is 15.8. The molecule has 2 aromatic heterocycles. The standard InChI is InChI=1S/C18H14N2O2S/c19-9-13-4-5-23-18(13)20-17(21)8-14-10-22-16-7-12-3-1-2-11(12)6-15(14)16/h4-7,10H,1-3,8H2,(H,20,21). The highest BCUT2D eigenvalue weighted by Gasteiger charge is 2.17. The van der Waals surface area contributed by atoms with Crippen molar-refractivity contribution in [2.75, 3.05) is 5.32 Å². The molecule has 4 nitrogen and oxygen atoms in total. The number of amides is 1. The van der Waals surface area contributed by atoms with Gasteiger partial charge in [-0.3, -0.25) is 4.79 Å². The molecular weight excluding hydrogens is 308 g/mol. The van der Waals surface area contributed by atoms with Gasteiger partial charge in [-0.25, -0.2) is 0 Å². The normalized spacial score (nSPS) is 13.0. The molecule has 1 N–H and O–H groups in total. The van der Waals surface area contributed by atoms with Gasteiger partial charge in [0.2, 0.25) is 5.91 Å². The summed E-state index contributed by atoms with van der Waals surface area (Å²) in [5, 5.41) is 15.2. The number of furan rings is 1. The quantitative estimate of drug-likeness (QED) is 0.791. The van der Waals surface area contributed by atoms with Crippen molar-refractivity contribution in [2.24, 2.45) is 0 Å². The fraction of sp³-hybridized carbons (Fsp3) is 0.222. The van der Waals surface area contributed by atoms with Crippen LogP contribution < -0.4 is 5.32 Å². The lowest BCUT2D eigenvalue weighted by atomic mass is 10.0. The highest BCUT2D eigenvalue weighted by Crippen LogP contribution is 2.31. The molecule has 114 valence electrons. The topological polar surface area (TPSA) is 66.0 Å². The second-order valence-corrected chi connectivity index (χ2v) is 6.65. The van der Waals surface area contributed by atoms with E-state index in [1.807, 2.05) is 0 Å². The number of benzene rings is 1. The van der Waals surface area contributed by atoms with Gasteiger partial charge in [0.05, 0.1) is 18.2 Å². The van der Waals surface area contributed by atoms with Gasteiger partial charge < -0.3 is 9.73 Å². The Kier molecular flexibility index (Phi) is 3.40. The summed E-state index contributed by atoms with van der Waals surface area (Å²) in [6.45, 7) is 0. The summed E-state index contributed by atoms with van der Waals surface area (Å²) >= 11 is 1.36. The number of rotatable bonds is 3. The Balaban J connectivity index is 1.58. The molecule has 1 amide bonds. The van der Waals surface area contributed by atoms with E-state index in [2.05, 4.69) is 23.5 Å². The molecule has 1 aliphatic rings. The first kappa shape index (κ1) is 14.0. The van der Waals surface area contributed by atoms with Gasteiger partial charge in [-0.15, -0.1) is 11.3 Å². The molecule has 3 aromatic rings. The van der Waals surface area contributed by atoms with Crippen molar-refractivity contribution >= 4 is 33.2 Å². The van der Waals surface area contributed by atoms with Crippen molar-refractivity contribution in [1.82, 2.24) is 0 Å². The summed E-state index contributed by atoms with van der Waals surface area (Å²) in [5.74, 6) is -0.132. The highest BCUT2D eigenvalue weighted by atomic mass is 32.1. The molecular formula is C18H14N2O2S. The number of anilines is 1. The Morgan fingerprint density at radius 3 is 3.00 bits per heavy atom. The van der Waals surface area contributed by atoms with Crippen molar-refractivity contribution in [3.8, 4) is 6.07 Å². The van der Waals surface area contributed by atoms with Crippen LogP contribution in [0.2, 0.25) is 0 Å². The fourth-order valence-electron chi connectivity index (χ4n) is 3.12. The van der Waals surface area contributed by atoms with Crippen LogP contribution in [0.3, 0.4) is 0 Å². The van der Waals surface area contributed by atoms with Crippen LogP contribution in [0.25, 0.3) is 11.0 Å². The molecule has 0 atom stereocenters. The van der Waals surface area contributed by atoms with Crippen LogP contribution in [-0.4, -0.2) is 5.91 Å². The van der Waals surface area contributed by atoms with Gasteiger partial charge in [0.1, 0.15) is 16.7 Å². The zero-order valence-electron chi connectivity index (χ0n) is 12.4. The minimum Gasteiger partial charge on any atom is -0.464 e. The number of carbonyl (C=O) groups excluding carboxylic acids is 1. The predicted molar refractivity (Wildman–Crippen MR) is 89.6 cm³/mol. The second kappa shape index (κ2) is 5.56. The van der Waals surface area contributed by atoms with E-state index in [1.165, 1.54) is 28.9 Å². The van der Waals surface area contributed by atoms with E-state index in [9.17, 15) is 4.79 Å². The molecule has 0 saturated carbocycles. The Bertz CT molecular complexity index is 946. The number of thiophene rings is 1. The van der Waals surface area contributed by atoms with Crippen LogP contribution in [-0.2, 0) is 24.1 Å². The molecule has 4 rings (SSSR count). The van der Waals surface area contributed by atoms with Gasteiger partial charge in [-0.1, -0.05) is 0 Å². The summed E-state index contributed by atoms with van der Waals surface area (Å²) in [6, 6.07) is 8.05. The number of hydrogen-bond acceptors (Lipinski definition) is 4. The molecule has 0 radical (unpaired) electrons. The Hall–Kier alpha value is -2.58. The van der Waals surface area contributed by atoms with E-state index < -0.39 is 0 Å². The average Bonchev–Trinajstić information content (AvgIpc) is 3.25. The zero-order valence-corrected chi connectivity index (χ0v) is 13.2. The molecule has 0 bridgehead atoms. The van der Waals surface area contributed by atoms with Crippen LogP contribution in [0.4, 0.5) is 5.00 Å². The van der Waals surface area contributed by atoms with E-state index in [1.54, 1.807) is 17.7 Å². The SMILES string of the molecule is N#Cc1ccsc1NC(=O)Cc1coc2cc3c(cc12)CCC3. The molecule has 1 aromatic carbocycles. The number of hydrogen-bond donors (Lipinski definition) is 1. The first-order chi connectivity index (χ1) is 11.2. The van der Waals surface area contributed by atoms with Crippen LogP contribution in [0, 0.1) is 11.3 Å². The van der Waals surface area contributed by atoms with Crippen molar-refractivity contribution in [2.45, 2.75) is 25.7 Å².